The largest absolute Gasteiger partial charge is 0.352 e. The second-order valence-electron chi connectivity index (χ2n) is 10.4. The Labute approximate surface area is 236 Å². The lowest BCUT2D eigenvalue weighted by Crippen LogP contribution is -2.33. The molecule has 6 nitrogen and oxygen atoms in total. The molecule has 7 heteroatoms. The molecular formula is C32H35N5OS. The van der Waals surface area contributed by atoms with Crippen LogP contribution in [0.3, 0.4) is 0 Å². The van der Waals surface area contributed by atoms with Gasteiger partial charge in [0.1, 0.15) is 0 Å². The third-order valence-electron chi connectivity index (χ3n) is 7.59. The van der Waals surface area contributed by atoms with Gasteiger partial charge in [0.2, 0.25) is 5.91 Å². The second kappa shape index (κ2) is 11.0. The number of hydrogen-bond donors (Lipinski definition) is 2. The molecule has 0 saturated carbocycles. The van der Waals surface area contributed by atoms with Gasteiger partial charge in [-0.1, -0.05) is 36.4 Å². The first-order valence-electron chi connectivity index (χ1n) is 13.3. The van der Waals surface area contributed by atoms with Crippen molar-refractivity contribution in [1.82, 2.24) is 19.8 Å². The SMILES string of the molecule is Cc1ccc(C)c(-n2c(C)cc([C@H]3[C@H](c4ccccn4)NC(=S)N3CCC(=O)Nc3ccccc3C)c2C)c1. The van der Waals surface area contributed by atoms with Gasteiger partial charge in [0.15, 0.2) is 5.11 Å². The van der Waals surface area contributed by atoms with Crippen molar-refractivity contribution in [3.8, 4) is 5.69 Å². The zero-order valence-electron chi connectivity index (χ0n) is 23.2. The van der Waals surface area contributed by atoms with E-state index in [1.54, 1.807) is 0 Å². The maximum absolute atomic E-state index is 13.0. The van der Waals surface area contributed by atoms with E-state index in [9.17, 15) is 4.79 Å². The van der Waals surface area contributed by atoms with E-state index < -0.39 is 0 Å². The Balaban J connectivity index is 1.50. The monoisotopic (exact) mass is 537 g/mol. The number of pyridine rings is 1. The van der Waals surface area contributed by atoms with Gasteiger partial charge in [0.25, 0.3) is 0 Å². The van der Waals surface area contributed by atoms with Crippen LogP contribution in [0, 0.1) is 34.6 Å². The quantitative estimate of drug-likeness (QED) is 0.267. The van der Waals surface area contributed by atoms with Crippen LogP contribution in [-0.4, -0.2) is 32.0 Å². The molecule has 1 amide bonds. The number of carbonyl (C=O) groups excluding carboxylic acids is 1. The highest BCUT2D eigenvalue weighted by Gasteiger charge is 2.41. The predicted octanol–water partition coefficient (Wildman–Crippen LogP) is 6.42. The first-order valence-corrected chi connectivity index (χ1v) is 13.8. The third kappa shape index (κ3) is 5.32. The average Bonchev–Trinajstić information content (AvgIpc) is 3.40. The number of anilines is 1. The van der Waals surface area contributed by atoms with Crippen LogP contribution >= 0.6 is 12.2 Å². The summed E-state index contributed by atoms with van der Waals surface area (Å²) < 4.78 is 2.33. The Morgan fingerprint density at radius 3 is 2.49 bits per heavy atom. The van der Waals surface area contributed by atoms with Crippen LogP contribution in [-0.2, 0) is 4.79 Å². The molecule has 1 aliphatic rings. The van der Waals surface area contributed by atoms with E-state index in [-0.39, 0.29) is 18.0 Å². The van der Waals surface area contributed by atoms with Gasteiger partial charge in [-0.05, 0) is 99.4 Å². The number of nitrogens with zero attached hydrogens (tertiary/aromatic N) is 3. The molecule has 2 aromatic carbocycles. The standard InChI is InChI=1S/C32H35N5OS/c1-20-13-14-22(3)28(18-20)37-23(4)19-25(24(37)5)31-30(27-12-8-9-16-33-27)35-32(39)36(31)17-15-29(38)34-26-11-7-6-10-21(26)2/h6-14,16,18-19,30-31H,15,17H2,1-5H3,(H,34,38)(H,35,39)/t30-,31-/m0/s1. The highest BCUT2D eigenvalue weighted by atomic mass is 32.1. The van der Waals surface area contributed by atoms with Crippen molar-refractivity contribution < 1.29 is 4.79 Å². The van der Waals surface area contributed by atoms with Gasteiger partial charge in [-0.15, -0.1) is 0 Å². The topological polar surface area (TPSA) is 62.2 Å². The minimum atomic E-state index is -0.134. The Morgan fingerprint density at radius 2 is 1.74 bits per heavy atom. The number of hydrogen-bond acceptors (Lipinski definition) is 3. The number of carbonyl (C=O) groups is 1. The van der Waals surface area contributed by atoms with E-state index in [1.165, 1.54) is 22.4 Å². The van der Waals surface area contributed by atoms with Crippen molar-refractivity contribution >= 4 is 28.9 Å². The normalized spacial score (nSPS) is 16.8. The summed E-state index contributed by atoms with van der Waals surface area (Å²) in [7, 11) is 0. The van der Waals surface area contributed by atoms with E-state index in [0.29, 0.717) is 18.1 Å². The van der Waals surface area contributed by atoms with Crippen LogP contribution in [0.5, 0.6) is 0 Å². The summed E-state index contributed by atoms with van der Waals surface area (Å²) in [4.78, 5) is 19.8. The van der Waals surface area contributed by atoms with E-state index in [4.69, 9.17) is 12.2 Å². The first kappa shape index (κ1) is 26.6. The predicted molar refractivity (Wildman–Crippen MR) is 161 cm³/mol. The highest BCUT2D eigenvalue weighted by Crippen LogP contribution is 2.41. The fourth-order valence-corrected chi connectivity index (χ4v) is 5.88. The number of rotatable bonds is 7. The van der Waals surface area contributed by atoms with Crippen LogP contribution in [0.15, 0.2) is 72.9 Å². The van der Waals surface area contributed by atoms with Crippen LogP contribution < -0.4 is 10.6 Å². The molecule has 0 aliphatic carbocycles. The molecule has 200 valence electrons. The molecule has 2 N–H and O–H groups in total. The van der Waals surface area contributed by atoms with Crippen molar-refractivity contribution in [1.29, 1.82) is 0 Å². The first-order chi connectivity index (χ1) is 18.7. The van der Waals surface area contributed by atoms with Crippen molar-refractivity contribution in [2.75, 3.05) is 11.9 Å². The summed E-state index contributed by atoms with van der Waals surface area (Å²) in [5.74, 6) is -0.0343. The average molecular weight is 538 g/mol. The molecule has 0 bridgehead atoms. The Kier molecular flexibility index (Phi) is 7.53. The summed E-state index contributed by atoms with van der Waals surface area (Å²) in [5, 5.41) is 7.21. The zero-order chi connectivity index (χ0) is 27.7. The van der Waals surface area contributed by atoms with E-state index in [1.807, 2.05) is 55.6 Å². The van der Waals surface area contributed by atoms with Gasteiger partial charge in [0, 0.05) is 41.9 Å². The maximum atomic E-state index is 13.0. The molecule has 2 aromatic heterocycles. The van der Waals surface area contributed by atoms with Crippen LogP contribution in [0.1, 0.15) is 57.8 Å². The number of para-hydroxylation sites is 1. The Bertz CT molecular complexity index is 1530. The molecule has 1 aliphatic heterocycles. The molecular weight excluding hydrogens is 502 g/mol. The molecule has 39 heavy (non-hydrogen) atoms. The number of thiocarbonyl (C=S) groups is 1. The molecule has 0 unspecified atom stereocenters. The van der Waals surface area contributed by atoms with Gasteiger partial charge in [-0.2, -0.15) is 0 Å². The van der Waals surface area contributed by atoms with E-state index in [0.717, 1.165) is 28.3 Å². The van der Waals surface area contributed by atoms with Crippen molar-refractivity contribution in [3.63, 3.8) is 0 Å². The van der Waals surface area contributed by atoms with Crippen molar-refractivity contribution in [2.24, 2.45) is 0 Å². The Morgan fingerprint density at radius 1 is 0.974 bits per heavy atom. The van der Waals surface area contributed by atoms with Crippen LogP contribution in [0.4, 0.5) is 5.69 Å². The van der Waals surface area contributed by atoms with Gasteiger partial charge in [0.05, 0.1) is 17.8 Å². The molecule has 5 rings (SSSR count). The maximum Gasteiger partial charge on any atom is 0.226 e. The number of aromatic nitrogens is 2. The molecule has 0 radical (unpaired) electrons. The lowest BCUT2D eigenvalue weighted by Gasteiger charge is -2.28. The number of benzene rings is 2. The fourth-order valence-electron chi connectivity index (χ4n) is 5.55. The number of nitrogens with one attached hydrogen (secondary N) is 2. The Hall–Kier alpha value is -3.97. The fraction of sp³-hybridized carbons (Fsp3) is 0.281. The lowest BCUT2D eigenvalue weighted by molar-refractivity contribution is -0.116. The summed E-state index contributed by atoms with van der Waals surface area (Å²) >= 11 is 5.86. The summed E-state index contributed by atoms with van der Waals surface area (Å²) in [5.41, 5.74) is 9.92. The van der Waals surface area contributed by atoms with Crippen LogP contribution in [0.2, 0.25) is 0 Å². The van der Waals surface area contributed by atoms with E-state index >= 15 is 0 Å². The van der Waals surface area contributed by atoms with Crippen molar-refractivity contribution in [3.05, 3.63) is 112 Å². The third-order valence-corrected chi connectivity index (χ3v) is 7.94. The lowest BCUT2D eigenvalue weighted by atomic mass is 9.96. The summed E-state index contributed by atoms with van der Waals surface area (Å²) in [6.07, 6.45) is 2.13. The minimum absolute atomic E-state index is 0.0343. The molecule has 4 aromatic rings. The number of aryl methyl sites for hydroxylation is 4. The van der Waals surface area contributed by atoms with Crippen molar-refractivity contribution in [2.45, 2.75) is 53.1 Å². The van der Waals surface area contributed by atoms with Crippen LogP contribution in [0.25, 0.3) is 5.69 Å². The minimum Gasteiger partial charge on any atom is -0.352 e. The molecule has 1 fully saturated rings. The highest BCUT2D eigenvalue weighted by molar-refractivity contribution is 7.80. The number of amides is 1. The van der Waals surface area contributed by atoms with Gasteiger partial charge in [-0.25, -0.2) is 0 Å². The van der Waals surface area contributed by atoms with Gasteiger partial charge >= 0.3 is 0 Å². The molecule has 0 spiro atoms. The zero-order valence-corrected chi connectivity index (χ0v) is 24.0. The molecule has 3 heterocycles. The molecule has 2 atom stereocenters. The van der Waals surface area contributed by atoms with E-state index in [2.05, 4.69) is 77.0 Å². The smallest absolute Gasteiger partial charge is 0.226 e. The van der Waals surface area contributed by atoms with Gasteiger partial charge < -0.3 is 20.1 Å². The summed E-state index contributed by atoms with van der Waals surface area (Å²) in [6, 6.07) is 22.4. The molecule has 1 saturated heterocycles. The second-order valence-corrected chi connectivity index (χ2v) is 10.8. The summed E-state index contributed by atoms with van der Waals surface area (Å²) in [6.45, 7) is 11.1. The van der Waals surface area contributed by atoms with Gasteiger partial charge in [-0.3, -0.25) is 9.78 Å².